The van der Waals surface area contributed by atoms with E-state index >= 15 is 0 Å². The minimum Gasteiger partial charge on any atom is -0.464 e. The fourth-order valence-corrected chi connectivity index (χ4v) is 4.03. The summed E-state index contributed by atoms with van der Waals surface area (Å²) in [5.41, 5.74) is 5.40. The number of ether oxygens (including phenoxy) is 1. The fraction of sp³-hybridized carbons (Fsp3) is 0.208. The van der Waals surface area contributed by atoms with Crippen LogP contribution >= 0.6 is 0 Å². The lowest BCUT2D eigenvalue weighted by Crippen LogP contribution is -2.36. The Kier molecular flexibility index (Phi) is 5.00. The molecule has 0 amide bonds. The van der Waals surface area contributed by atoms with Crippen molar-refractivity contribution in [2.45, 2.75) is 6.54 Å². The normalized spacial score (nSPS) is 14.6. The van der Waals surface area contributed by atoms with Gasteiger partial charge in [0, 0.05) is 48.1 Å². The number of furan rings is 1. The molecule has 6 rings (SSSR count). The quantitative estimate of drug-likeness (QED) is 0.370. The van der Waals surface area contributed by atoms with Crippen LogP contribution in [0.1, 0.15) is 5.56 Å². The number of imidazole rings is 1. The van der Waals surface area contributed by atoms with Gasteiger partial charge in [-0.05, 0) is 18.2 Å². The van der Waals surface area contributed by atoms with Crippen LogP contribution in [0.5, 0.6) is 0 Å². The second kappa shape index (κ2) is 8.44. The zero-order chi connectivity index (χ0) is 22.0. The molecule has 0 bridgehead atoms. The molecule has 0 saturated carbocycles. The van der Waals surface area contributed by atoms with E-state index < -0.39 is 0 Å². The van der Waals surface area contributed by atoms with Crippen LogP contribution in [0.4, 0.5) is 11.5 Å². The topological polar surface area (TPSA) is 93.4 Å². The molecule has 0 unspecified atom stereocenters. The van der Waals surface area contributed by atoms with Gasteiger partial charge in [-0.25, -0.2) is 9.50 Å². The van der Waals surface area contributed by atoms with Gasteiger partial charge in [-0.1, -0.05) is 18.2 Å². The van der Waals surface area contributed by atoms with Crippen LogP contribution in [0.15, 0.2) is 82.0 Å². The molecule has 9 nitrogen and oxygen atoms in total. The number of hydrogen-bond acceptors (Lipinski definition) is 8. The van der Waals surface area contributed by atoms with Crippen LogP contribution in [0.25, 0.3) is 27.9 Å². The number of benzene rings is 1. The maximum Gasteiger partial charge on any atom is 0.196 e. The van der Waals surface area contributed by atoms with Crippen molar-refractivity contribution in [3.63, 3.8) is 0 Å². The van der Waals surface area contributed by atoms with Gasteiger partial charge in [0.25, 0.3) is 0 Å². The highest BCUT2D eigenvalue weighted by molar-refractivity contribution is 5.80. The van der Waals surface area contributed by atoms with Crippen LogP contribution in [0.2, 0.25) is 0 Å². The van der Waals surface area contributed by atoms with Gasteiger partial charge in [-0.15, -0.1) is 10.2 Å². The van der Waals surface area contributed by atoms with Crippen molar-refractivity contribution >= 4 is 28.1 Å². The Morgan fingerprint density at radius 3 is 2.76 bits per heavy atom. The van der Waals surface area contributed by atoms with Crippen LogP contribution in [0, 0.1) is 0 Å². The molecule has 1 fully saturated rings. The number of anilines is 1. The molecule has 1 aliphatic heterocycles. The smallest absolute Gasteiger partial charge is 0.196 e. The zero-order valence-corrected chi connectivity index (χ0v) is 17.8. The molecular weight excluding hydrogens is 418 g/mol. The predicted octanol–water partition coefficient (Wildman–Crippen LogP) is 4.66. The lowest BCUT2D eigenvalue weighted by Gasteiger charge is -2.28. The minimum absolute atomic E-state index is 0.413. The number of rotatable bonds is 5. The highest BCUT2D eigenvalue weighted by Gasteiger charge is 2.19. The van der Waals surface area contributed by atoms with Crippen LogP contribution in [0.3, 0.4) is 0 Å². The van der Waals surface area contributed by atoms with Crippen molar-refractivity contribution in [3.8, 4) is 11.3 Å². The average Bonchev–Trinajstić information content (AvgIpc) is 3.49. The van der Waals surface area contributed by atoms with Crippen molar-refractivity contribution in [1.82, 2.24) is 19.6 Å². The van der Waals surface area contributed by atoms with E-state index in [1.54, 1.807) is 23.2 Å². The first-order valence-corrected chi connectivity index (χ1v) is 10.8. The molecule has 1 aromatic carbocycles. The molecule has 0 spiro atoms. The van der Waals surface area contributed by atoms with Crippen molar-refractivity contribution < 1.29 is 9.15 Å². The summed E-state index contributed by atoms with van der Waals surface area (Å²) in [7, 11) is 0. The number of azo groups is 1. The van der Waals surface area contributed by atoms with Crippen molar-refractivity contribution in [2.24, 2.45) is 10.2 Å². The number of pyridine rings is 1. The van der Waals surface area contributed by atoms with Crippen LogP contribution in [-0.4, -0.2) is 45.9 Å². The van der Waals surface area contributed by atoms with Gasteiger partial charge < -0.3 is 14.1 Å². The van der Waals surface area contributed by atoms with Crippen LogP contribution < -0.4 is 4.90 Å². The molecule has 9 heteroatoms. The van der Waals surface area contributed by atoms with E-state index in [0.717, 1.165) is 52.2 Å². The molecule has 0 aliphatic carbocycles. The molecule has 5 aromatic rings. The predicted molar refractivity (Wildman–Crippen MR) is 124 cm³/mol. The first-order chi connectivity index (χ1) is 16.3. The monoisotopic (exact) mass is 439 g/mol. The maximum absolute atomic E-state index is 5.60. The first kappa shape index (κ1) is 19.6. The van der Waals surface area contributed by atoms with E-state index in [2.05, 4.69) is 25.2 Å². The largest absolute Gasteiger partial charge is 0.464 e. The van der Waals surface area contributed by atoms with Crippen LogP contribution in [-0.2, 0) is 11.3 Å². The van der Waals surface area contributed by atoms with Gasteiger partial charge in [0.1, 0.15) is 5.58 Å². The van der Waals surface area contributed by atoms with E-state index in [1.165, 1.54) is 0 Å². The summed E-state index contributed by atoms with van der Waals surface area (Å²) >= 11 is 0. The van der Waals surface area contributed by atoms with E-state index in [1.807, 2.05) is 48.7 Å². The maximum atomic E-state index is 5.60. The summed E-state index contributed by atoms with van der Waals surface area (Å²) in [6.07, 6.45) is 7.16. The molecule has 1 saturated heterocycles. The Bertz CT molecular complexity index is 1440. The van der Waals surface area contributed by atoms with Crippen molar-refractivity contribution in [3.05, 3.63) is 72.9 Å². The highest BCUT2D eigenvalue weighted by atomic mass is 16.5. The summed E-state index contributed by atoms with van der Waals surface area (Å²) in [5, 5.41) is 14.5. The van der Waals surface area contributed by atoms with Gasteiger partial charge in [0.05, 0.1) is 43.6 Å². The lowest BCUT2D eigenvalue weighted by atomic mass is 10.2. The molecule has 4 aromatic heterocycles. The fourth-order valence-electron chi connectivity index (χ4n) is 4.03. The first-order valence-electron chi connectivity index (χ1n) is 10.8. The standard InChI is InChI=1S/C24H21N7O2/c1-2-4-22-19(3-1)18(16-33-22)14-26-28-23-13-21(30-9-11-32-12-10-30)24-27-20(15-31(24)29-23)17-5-7-25-8-6-17/h1-8,13,15-16H,9-12,14H2. The third-order valence-electron chi connectivity index (χ3n) is 5.70. The third-order valence-corrected chi connectivity index (χ3v) is 5.70. The van der Waals surface area contributed by atoms with E-state index in [0.29, 0.717) is 25.6 Å². The second-order valence-corrected chi connectivity index (χ2v) is 7.77. The number of fused-ring (bicyclic) bond motifs is 2. The van der Waals surface area contributed by atoms with E-state index in [-0.39, 0.29) is 0 Å². The Balaban J connectivity index is 1.36. The molecule has 0 radical (unpaired) electrons. The molecule has 0 atom stereocenters. The molecular formula is C24H21N7O2. The Hall–Kier alpha value is -4.11. The van der Waals surface area contributed by atoms with Gasteiger partial charge in [0.15, 0.2) is 11.5 Å². The summed E-state index contributed by atoms with van der Waals surface area (Å²) in [6, 6.07) is 13.7. The summed E-state index contributed by atoms with van der Waals surface area (Å²) < 4.78 is 12.9. The van der Waals surface area contributed by atoms with Crippen molar-refractivity contribution in [1.29, 1.82) is 0 Å². The van der Waals surface area contributed by atoms with Gasteiger partial charge in [0.2, 0.25) is 0 Å². The number of nitrogens with zero attached hydrogens (tertiary/aromatic N) is 7. The van der Waals surface area contributed by atoms with Gasteiger partial charge in [-0.3, -0.25) is 4.98 Å². The lowest BCUT2D eigenvalue weighted by molar-refractivity contribution is 0.123. The minimum atomic E-state index is 0.413. The molecule has 164 valence electrons. The van der Waals surface area contributed by atoms with Gasteiger partial charge in [-0.2, -0.15) is 5.11 Å². The SMILES string of the molecule is c1ccc2c(CN=Nc3cc(N4CCOCC4)c4nc(-c5ccncc5)cn4n3)coc2c1. The average molecular weight is 439 g/mol. The summed E-state index contributed by atoms with van der Waals surface area (Å²) in [4.78, 5) is 11.2. The Labute approximate surface area is 189 Å². The Morgan fingerprint density at radius 1 is 1.03 bits per heavy atom. The second-order valence-electron chi connectivity index (χ2n) is 7.77. The highest BCUT2D eigenvalue weighted by Crippen LogP contribution is 2.29. The number of hydrogen-bond donors (Lipinski definition) is 0. The third kappa shape index (κ3) is 3.83. The van der Waals surface area contributed by atoms with E-state index in [9.17, 15) is 0 Å². The summed E-state index contributed by atoms with van der Waals surface area (Å²) in [6.45, 7) is 3.34. The number of para-hydroxylation sites is 1. The zero-order valence-electron chi connectivity index (χ0n) is 17.8. The molecule has 5 heterocycles. The van der Waals surface area contributed by atoms with Gasteiger partial charge >= 0.3 is 0 Å². The molecule has 33 heavy (non-hydrogen) atoms. The molecule has 1 aliphatic rings. The number of morpholine rings is 1. The van der Waals surface area contributed by atoms with Crippen molar-refractivity contribution in [2.75, 3.05) is 31.2 Å². The van der Waals surface area contributed by atoms with E-state index in [4.69, 9.17) is 14.1 Å². The summed E-state index contributed by atoms with van der Waals surface area (Å²) in [5.74, 6) is 0.524. The molecule has 0 N–H and O–H groups in total. The number of aromatic nitrogens is 4. The Morgan fingerprint density at radius 2 is 1.88 bits per heavy atom.